The van der Waals surface area contributed by atoms with Crippen LogP contribution in [0.1, 0.15) is 64.4 Å². The minimum atomic E-state index is 0.271. The van der Waals surface area contributed by atoms with E-state index in [2.05, 4.69) is 37.7 Å². The van der Waals surface area contributed by atoms with E-state index in [1.165, 1.54) is 6.42 Å². The molecular weight excluding hydrogens is 250 g/mol. The standard InChI is InChI=1S/C16H27N3O/c1-10(2)16-18-9-15(14(8-17)19-16)20-13-6-11(3)5-12(4)7-13/h9-13H,5-8,17H2,1-4H3. The highest BCUT2D eigenvalue weighted by molar-refractivity contribution is 5.25. The van der Waals surface area contributed by atoms with E-state index in [9.17, 15) is 0 Å². The zero-order valence-corrected chi connectivity index (χ0v) is 13.1. The molecule has 112 valence electrons. The van der Waals surface area contributed by atoms with Crippen molar-refractivity contribution in [2.45, 2.75) is 65.5 Å². The third-order valence-corrected chi connectivity index (χ3v) is 3.99. The second-order valence-corrected chi connectivity index (χ2v) is 6.56. The van der Waals surface area contributed by atoms with Gasteiger partial charge in [-0.2, -0.15) is 0 Å². The highest BCUT2D eigenvalue weighted by Gasteiger charge is 2.26. The van der Waals surface area contributed by atoms with E-state index in [-0.39, 0.29) is 6.10 Å². The van der Waals surface area contributed by atoms with Crippen molar-refractivity contribution in [2.75, 3.05) is 0 Å². The Labute approximate surface area is 122 Å². The van der Waals surface area contributed by atoms with Crippen molar-refractivity contribution >= 4 is 0 Å². The molecule has 20 heavy (non-hydrogen) atoms. The lowest BCUT2D eigenvalue weighted by molar-refractivity contribution is 0.0991. The van der Waals surface area contributed by atoms with Crippen LogP contribution in [0.4, 0.5) is 0 Å². The van der Waals surface area contributed by atoms with E-state index < -0.39 is 0 Å². The van der Waals surface area contributed by atoms with Gasteiger partial charge in [0.05, 0.1) is 18.0 Å². The fourth-order valence-electron chi connectivity index (χ4n) is 3.09. The number of hydrogen-bond acceptors (Lipinski definition) is 4. The Balaban J connectivity index is 2.12. The minimum Gasteiger partial charge on any atom is -0.487 e. The molecule has 1 saturated carbocycles. The first-order chi connectivity index (χ1) is 9.49. The highest BCUT2D eigenvalue weighted by atomic mass is 16.5. The summed E-state index contributed by atoms with van der Waals surface area (Å²) in [5.41, 5.74) is 6.64. The molecule has 0 spiro atoms. The molecule has 1 aromatic heterocycles. The van der Waals surface area contributed by atoms with Crippen molar-refractivity contribution in [1.29, 1.82) is 0 Å². The lowest BCUT2D eigenvalue weighted by Crippen LogP contribution is -2.29. The Morgan fingerprint density at radius 1 is 1.25 bits per heavy atom. The molecule has 1 aliphatic rings. The van der Waals surface area contributed by atoms with Gasteiger partial charge in [-0.15, -0.1) is 0 Å². The summed E-state index contributed by atoms with van der Waals surface area (Å²) in [5, 5.41) is 0. The molecule has 2 N–H and O–H groups in total. The first-order valence-electron chi connectivity index (χ1n) is 7.72. The molecule has 2 atom stereocenters. The Bertz CT molecular complexity index is 437. The van der Waals surface area contributed by atoms with Gasteiger partial charge in [-0.3, -0.25) is 0 Å². The summed E-state index contributed by atoms with van der Waals surface area (Å²) < 4.78 is 6.15. The molecule has 2 rings (SSSR count). The molecule has 1 heterocycles. The maximum atomic E-state index is 6.15. The van der Waals surface area contributed by atoms with Crippen LogP contribution in [0.3, 0.4) is 0 Å². The third-order valence-electron chi connectivity index (χ3n) is 3.99. The van der Waals surface area contributed by atoms with Gasteiger partial charge in [-0.25, -0.2) is 9.97 Å². The van der Waals surface area contributed by atoms with Crippen LogP contribution in [0.2, 0.25) is 0 Å². The van der Waals surface area contributed by atoms with Crippen LogP contribution in [-0.4, -0.2) is 16.1 Å². The normalized spacial score (nSPS) is 26.8. The number of ether oxygens (including phenoxy) is 1. The summed E-state index contributed by atoms with van der Waals surface area (Å²) in [6.07, 6.45) is 5.59. The molecule has 1 aromatic rings. The van der Waals surface area contributed by atoms with Crippen molar-refractivity contribution in [2.24, 2.45) is 17.6 Å². The first kappa shape index (κ1) is 15.2. The molecular formula is C16H27N3O. The van der Waals surface area contributed by atoms with Gasteiger partial charge in [0, 0.05) is 12.5 Å². The Morgan fingerprint density at radius 3 is 2.45 bits per heavy atom. The van der Waals surface area contributed by atoms with E-state index in [0.29, 0.717) is 12.5 Å². The van der Waals surface area contributed by atoms with E-state index in [4.69, 9.17) is 10.5 Å². The van der Waals surface area contributed by atoms with Crippen molar-refractivity contribution in [3.63, 3.8) is 0 Å². The Kier molecular flexibility index (Phi) is 4.97. The van der Waals surface area contributed by atoms with E-state index >= 15 is 0 Å². The van der Waals surface area contributed by atoms with Crippen LogP contribution < -0.4 is 10.5 Å². The third kappa shape index (κ3) is 3.69. The number of aromatic nitrogens is 2. The lowest BCUT2D eigenvalue weighted by Gasteiger charge is -2.32. The summed E-state index contributed by atoms with van der Waals surface area (Å²) in [6, 6.07) is 0. The molecule has 2 unspecified atom stereocenters. The Morgan fingerprint density at radius 2 is 1.90 bits per heavy atom. The van der Waals surface area contributed by atoms with E-state index in [0.717, 1.165) is 41.9 Å². The van der Waals surface area contributed by atoms with Gasteiger partial charge >= 0.3 is 0 Å². The molecule has 4 heteroatoms. The SMILES string of the molecule is CC1CC(C)CC(Oc2cnc(C(C)C)nc2CN)C1. The van der Waals surface area contributed by atoms with Crippen LogP contribution in [0.5, 0.6) is 5.75 Å². The van der Waals surface area contributed by atoms with E-state index in [1.807, 2.05) is 0 Å². The summed E-state index contributed by atoms with van der Waals surface area (Å²) in [6.45, 7) is 9.17. The molecule has 0 saturated heterocycles. The number of hydrogen-bond donors (Lipinski definition) is 1. The predicted octanol–water partition coefficient (Wildman–Crippen LogP) is 3.26. The topological polar surface area (TPSA) is 61.0 Å². The fraction of sp³-hybridized carbons (Fsp3) is 0.750. The van der Waals surface area contributed by atoms with Crippen LogP contribution in [-0.2, 0) is 6.54 Å². The smallest absolute Gasteiger partial charge is 0.160 e. The zero-order chi connectivity index (χ0) is 14.7. The number of nitrogens with two attached hydrogens (primary N) is 1. The molecule has 1 aliphatic carbocycles. The van der Waals surface area contributed by atoms with Crippen LogP contribution in [0.25, 0.3) is 0 Å². The second-order valence-electron chi connectivity index (χ2n) is 6.56. The summed E-state index contributed by atoms with van der Waals surface area (Å²) in [4.78, 5) is 8.93. The molecule has 0 aromatic carbocycles. The highest BCUT2D eigenvalue weighted by Crippen LogP contribution is 2.32. The monoisotopic (exact) mass is 277 g/mol. The average Bonchev–Trinajstić information content (AvgIpc) is 2.37. The maximum Gasteiger partial charge on any atom is 0.160 e. The molecule has 0 bridgehead atoms. The van der Waals surface area contributed by atoms with E-state index in [1.54, 1.807) is 6.20 Å². The first-order valence-corrected chi connectivity index (χ1v) is 7.72. The Hall–Kier alpha value is -1.16. The minimum absolute atomic E-state index is 0.271. The molecule has 0 radical (unpaired) electrons. The quantitative estimate of drug-likeness (QED) is 0.917. The van der Waals surface area contributed by atoms with Gasteiger partial charge in [0.1, 0.15) is 5.82 Å². The van der Waals surface area contributed by atoms with Gasteiger partial charge in [0.15, 0.2) is 5.75 Å². The number of nitrogens with zero attached hydrogens (tertiary/aromatic N) is 2. The summed E-state index contributed by atoms with van der Waals surface area (Å²) >= 11 is 0. The summed E-state index contributed by atoms with van der Waals surface area (Å²) in [5.74, 6) is 3.36. The van der Waals surface area contributed by atoms with Crippen molar-refractivity contribution in [3.05, 3.63) is 17.7 Å². The molecule has 0 amide bonds. The number of rotatable bonds is 4. The predicted molar refractivity (Wildman–Crippen MR) is 80.6 cm³/mol. The van der Waals surface area contributed by atoms with Gasteiger partial charge in [0.25, 0.3) is 0 Å². The van der Waals surface area contributed by atoms with Crippen LogP contribution in [0, 0.1) is 11.8 Å². The lowest BCUT2D eigenvalue weighted by atomic mass is 9.82. The molecule has 0 aliphatic heterocycles. The second kappa shape index (κ2) is 6.53. The summed E-state index contributed by atoms with van der Waals surface area (Å²) in [7, 11) is 0. The van der Waals surface area contributed by atoms with Crippen molar-refractivity contribution < 1.29 is 4.74 Å². The van der Waals surface area contributed by atoms with Crippen molar-refractivity contribution in [1.82, 2.24) is 9.97 Å². The van der Waals surface area contributed by atoms with Gasteiger partial charge in [-0.05, 0) is 31.1 Å². The van der Waals surface area contributed by atoms with Crippen molar-refractivity contribution in [3.8, 4) is 5.75 Å². The maximum absolute atomic E-state index is 6.15. The molecule has 4 nitrogen and oxygen atoms in total. The molecule has 1 fully saturated rings. The zero-order valence-electron chi connectivity index (χ0n) is 13.1. The van der Waals surface area contributed by atoms with Crippen LogP contribution in [0.15, 0.2) is 6.20 Å². The van der Waals surface area contributed by atoms with Crippen LogP contribution >= 0.6 is 0 Å². The van der Waals surface area contributed by atoms with Gasteiger partial charge < -0.3 is 10.5 Å². The van der Waals surface area contributed by atoms with Gasteiger partial charge in [0.2, 0.25) is 0 Å². The largest absolute Gasteiger partial charge is 0.487 e. The van der Waals surface area contributed by atoms with Gasteiger partial charge in [-0.1, -0.05) is 27.7 Å². The fourth-order valence-corrected chi connectivity index (χ4v) is 3.09. The average molecular weight is 277 g/mol.